The summed E-state index contributed by atoms with van der Waals surface area (Å²) < 4.78 is 0. The molecule has 2 aliphatic rings. The van der Waals surface area contributed by atoms with Gasteiger partial charge in [0.2, 0.25) is 5.91 Å². The second-order valence-electron chi connectivity index (χ2n) is 5.91. The third-order valence-electron chi connectivity index (χ3n) is 4.51. The summed E-state index contributed by atoms with van der Waals surface area (Å²) in [6.45, 7) is 2.69. The summed E-state index contributed by atoms with van der Waals surface area (Å²) in [5.74, 6) is 0.398. The monoisotopic (exact) mass is 258 g/mol. The lowest BCUT2D eigenvalue weighted by atomic mass is 9.94. The molecule has 1 unspecified atom stereocenters. The molecular weight excluding hydrogens is 236 g/mol. The minimum atomic E-state index is 0.167. The van der Waals surface area contributed by atoms with E-state index in [0.717, 1.165) is 32.5 Å². The minimum absolute atomic E-state index is 0.167. The van der Waals surface area contributed by atoms with Crippen molar-refractivity contribution in [1.82, 2.24) is 10.6 Å². The number of amides is 1. The van der Waals surface area contributed by atoms with E-state index in [4.69, 9.17) is 0 Å². The van der Waals surface area contributed by atoms with Crippen LogP contribution in [0.25, 0.3) is 0 Å². The van der Waals surface area contributed by atoms with Gasteiger partial charge in [0.15, 0.2) is 0 Å². The lowest BCUT2D eigenvalue weighted by Crippen LogP contribution is -2.42. The third kappa shape index (κ3) is 2.81. The Bertz CT molecular complexity index is 433. The summed E-state index contributed by atoms with van der Waals surface area (Å²) in [5.41, 5.74) is 1.59. The number of nitrogens with one attached hydrogen (secondary N) is 2. The van der Waals surface area contributed by atoms with Crippen molar-refractivity contribution in [3.63, 3.8) is 0 Å². The quantitative estimate of drug-likeness (QED) is 0.865. The van der Waals surface area contributed by atoms with Crippen molar-refractivity contribution >= 4 is 5.91 Å². The number of hydrogen-bond acceptors (Lipinski definition) is 2. The van der Waals surface area contributed by atoms with Gasteiger partial charge in [-0.25, -0.2) is 0 Å². The van der Waals surface area contributed by atoms with Crippen LogP contribution in [0.3, 0.4) is 0 Å². The van der Waals surface area contributed by atoms with Crippen LogP contribution in [0, 0.1) is 5.92 Å². The number of benzene rings is 1. The topological polar surface area (TPSA) is 41.1 Å². The molecule has 0 spiro atoms. The first-order valence-electron chi connectivity index (χ1n) is 7.34. The van der Waals surface area contributed by atoms with Crippen molar-refractivity contribution in [2.75, 3.05) is 19.6 Å². The normalized spacial score (nSPS) is 24.7. The highest BCUT2D eigenvalue weighted by Gasteiger charge is 2.44. The molecule has 1 heterocycles. The van der Waals surface area contributed by atoms with Crippen LogP contribution in [0.5, 0.6) is 0 Å². The van der Waals surface area contributed by atoms with Crippen LogP contribution in [-0.4, -0.2) is 25.5 Å². The third-order valence-corrected chi connectivity index (χ3v) is 4.51. The van der Waals surface area contributed by atoms with E-state index < -0.39 is 0 Å². The number of piperidine rings is 1. The zero-order chi connectivity index (χ0) is 13.1. The first-order valence-corrected chi connectivity index (χ1v) is 7.34. The predicted molar refractivity (Wildman–Crippen MR) is 76.0 cm³/mol. The fourth-order valence-electron chi connectivity index (χ4n) is 2.99. The molecule has 0 bridgehead atoms. The average molecular weight is 258 g/mol. The van der Waals surface area contributed by atoms with Gasteiger partial charge in [0.25, 0.3) is 0 Å². The van der Waals surface area contributed by atoms with Crippen LogP contribution < -0.4 is 10.6 Å². The van der Waals surface area contributed by atoms with E-state index in [1.165, 1.54) is 18.4 Å². The van der Waals surface area contributed by atoms with Crippen LogP contribution in [0.1, 0.15) is 31.2 Å². The summed E-state index contributed by atoms with van der Waals surface area (Å²) in [5, 5.41) is 6.47. The van der Waals surface area contributed by atoms with Gasteiger partial charge in [0, 0.05) is 18.5 Å². The van der Waals surface area contributed by atoms with Gasteiger partial charge in [-0.2, -0.15) is 0 Å². The van der Waals surface area contributed by atoms with E-state index in [1.54, 1.807) is 0 Å². The van der Waals surface area contributed by atoms with Crippen molar-refractivity contribution < 1.29 is 4.79 Å². The van der Waals surface area contributed by atoms with Crippen LogP contribution in [-0.2, 0) is 10.2 Å². The van der Waals surface area contributed by atoms with Crippen LogP contribution in [0.4, 0.5) is 0 Å². The molecule has 1 atom stereocenters. The summed E-state index contributed by atoms with van der Waals surface area (Å²) >= 11 is 0. The molecule has 1 amide bonds. The van der Waals surface area contributed by atoms with Gasteiger partial charge in [-0.1, -0.05) is 30.3 Å². The molecule has 2 fully saturated rings. The molecule has 1 saturated carbocycles. The molecule has 19 heavy (non-hydrogen) atoms. The van der Waals surface area contributed by atoms with Gasteiger partial charge in [0.1, 0.15) is 0 Å². The molecule has 1 aromatic carbocycles. The molecule has 1 saturated heterocycles. The molecule has 1 aromatic rings. The lowest BCUT2D eigenvalue weighted by molar-refractivity contribution is -0.125. The van der Waals surface area contributed by atoms with Crippen molar-refractivity contribution in [2.45, 2.75) is 31.1 Å². The van der Waals surface area contributed by atoms with Gasteiger partial charge in [0.05, 0.1) is 5.92 Å². The molecule has 3 nitrogen and oxygen atoms in total. The molecule has 3 rings (SSSR count). The van der Waals surface area contributed by atoms with Gasteiger partial charge < -0.3 is 10.6 Å². The minimum Gasteiger partial charge on any atom is -0.355 e. The number of rotatable bonds is 4. The van der Waals surface area contributed by atoms with Crippen LogP contribution >= 0.6 is 0 Å². The first-order chi connectivity index (χ1) is 9.30. The van der Waals surface area contributed by atoms with E-state index in [1.807, 2.05) is 6.07 Å². The standard InChI is InChI=1S/C16H22N2O/c19-15(13-5-4-10-17-11-13)18-12-16(8-9-16)14-6-2-1-3-7-14/h1-3,6-7,13,17H,4-5,8-12H2,(H,18,19). The summed E-state index contributed by atoms with van der Waals surface area (Å²) in [6, 6.07) is 10.6. The highest BCUT2D eigenvalue weighted by molar-refractivity contribution is 5.79. The summed E-state index contributed by atoms with van der Waals surface area (Å²) in [7, 11) is 0. The Morgan fingerprint density at radius 1 is 1.32 bits per heavy atom. The van der Waals surface area contributed by atoms with E-state index in [9.17, 15) is 4.79 Å². The molecule has 3 heteroatoms. The van der Waals surface area contributed by atoms with Crippen molar-refractivity contribution in [3.8, 4) is 0 Å². The van der Waals surface area contributed by atoms with E-state index in [0.29, 0.717) is 0 Å². The lowest BCUT2D eigenvalue weighted by Gasteiger charge is -2.23. The Morgan fingerprint density at radius 3 is 2.74 bits per heavy atom. The largest absolute Gasteiger partial charge is 0.355 e. The van der Waals surface area contributed by atoms with E-state index in [2.05, 4.69) is 34.9 Å². The van der Waals surface area contributed by atoms with Gasteiger partial charge in [-0.15, -0.1) is 0 Å². The zero-order valence-electron chi connectivity index (χ0n) is 11.3. The van der Waals surface area contributed by atoms with Crippen molar-refractivity contribution in [3.05, 3.63) is 35.9 Å². The van der Waals surface area contributed by atoms with Gasteiger partial charge in [-0.3, -0.25) is 4.79 Å². The number of hydrogen-bond donors (Lipinski definition) is 2. The second kappa shape index (κ2) is 5.33. The highest BCUT2D eigenvalue weighted by atomic mass is 16.1. The maximum absolute atomic E-state index is 12.2. The molecule has 1 aliphatic carbocycles. The highest BCUT2D eigenvalue weighted by Crippen LogP contribution is 2.47. The van der Waals surface area contributed by atoms with Gasteiger partial charge in [-0.05, 0) is 37.8 Å². The Hall–Kier alpha value is -1.35. The Kier molecular flexibility index (Phi) is 3.56. The maximum atomic E-state index is 12.2. The molecule has 102 valence electrons. The SMILES string of the molecule is O=C(NCC1(c2ccccc2)CC1)C1CCCNC1. The van der Waals surface area contributed by atoms with E-state index in [-0.39, 0.29) is 17.2 Å². The predicted octanol–water partition coefficient (Wildman–Crippen LogP) is 1.83. The molecule has 0 radical (unpaired) electrons. The Morgan fingerprint density at radius 2 is 2.11 bits per heavy atom. The number of carbonyl (C=O) groups excluding carboxylic acids is 1. The Labute approximate surface area is 114 Å². The Balaban J connectivity index is 1.56. The zero-order valence-corrected chi connectivity index (χ0v) is 11.3. The number of carbonyl (C=O) groups is 1. The first kappa shape index (κ1) is 12.7. The summed E-state index contributed by atoms with van der Waals surface area (Å²) in [6.07, 6.45) is 4.53. The maximum Gasteiger partial charge on any atom is 0.224 e. The fourth-order valence-corrected chi connectivity index (χ4v) is 2.99. The second-order valence-corrected chi connectivity index (χ2v) is 5.91. The molecule has 0 aromatic heterocycles. The van der Waals surface area contributed by atoms with E-state index >= 15 is 0 Å². The molecular formula is C16H22N2O. The van der Waals surface area contributed by atoms with Gasteiger partial charge >= 0.3 is 0 Å². The van der Waals surface area contributed by atoms with Crippen LogP contribution in [0.15, 0.2) is 30.3 Å². The van der Waals surface area contributed by atoms with Crippen LogP contribution in [0.2, 0.25) is 0 Å². The fraction of sp³-hybridized carbons (Fsp3) is 0.562. The van der Waals surface area contributed by atoms with Crippen molar-refractivity contribution in [2.24, 2.45) is 5.92 Å². The van der Waals surface area contributed by atoms with Crippen molar-refractivity contribution in [1.29, 1.82) is 0 Å². The molecule has 2 N–H and O–H groups in total. The smallest absolute Gasteiger partial charge is 0.224 e. The average Bonchev–Trinajstić information content (AvgIpc) is 3.28. The summed E-state index contributed by atoms with van der Waals surface area (Å²) in [4.78, 5) is 12.2. The molecule has 1 aliphatic heterocycles.